The summed E-state index contributed by atoms with van der Waals surface area (Å²) in [6.07, 6.45) is 6.72. The Hall–Kier alpha value is -3.13. The van der Waals surface area contributed by atoms with Crippen LogP contribution in [0.25, 0.3) is 22.8 Å². The molecule has 4 aromatic rings. The van der Waals surface area contributed by atoms with Crippen LogP contribution >= 0.6 is 0 Å². The summed E-state index contributed by atoms with van der Waals surface area (Å²) in [5, 5.41) is 0. The van der Waals surface area contributed by atoms with Gasteiger partial charge >= 0.3 is 0 Å². The van der Waals surface area contributed by atoms with Crippen molar-refractivity contribution < 1.29 is 4.57 Å². The number of aryl methyl sites for hydroxylation is 3. The minimum atomic E-state index is 0.0143. The van der Waals surface area contributed by atoms with Crippen LogP contribution in [0.5, 0.6) is 0 Å². The van der Waals surface area contributed by atoms with E-state index in [1.165, 1.54) is 88.5 Å². The molecule has 2 heterocycles. The molecule has 1 aliphatic heterocycles. The van der Waals surface area contributed by atoms with E-state index < -0.39 is 0 Å². The SMILES string of the molecule is Cc1ccccc1-n1c(C)c2[n+](c1-c1c(C)cccc1C)-c1ccccc1C2(C)C1CCCCC1. The lowest BCUT2D eigenvalue weighted by molar-refractivity contribution is -0.587. The third kappa shape index (κ3) is 3.12. The molecule has 1 aromatic heterocycles. The molecule has 0 saturated heterocycles. The lowest BCUT2D eigenvalue weighted by atomic mass is 9.65. The van der Waals surface area contributed by atoms with Gasteiger partial charge in [-0.25, -0.2) is 0 Å². The Labute approximate surface area is 210 Å². The van der Waals surface area contributed by atoms with Crippen molar-refractivity contribution in [1.29, 1.82) is 0 Å². The molecule has 1 unspecified atom stereocenters. The summed E-state index contributed by atoms with van der Waals surface area (Å²) in [6, 6.07) is 24.8. The van der Waals surface area contributed by atoms with Crippen LogP contribution in [0.1, 0.15) is 72.7 Å². The van der Waals surface area contributed by atoms with Gasteiger partial charge in [-0.15, -0.1) is 0 Å². The van der Waals surface area contributed by atoms with Gasteiger partial charge in [-0.1, -0.05) is 73.9 Å². The Balaban J connectivity index is 1.78. The van der Waals surface area contributed by atoms with Crippen molar-refractivity contribution in [2.75, 3.05) is 0 Å². The minimum absolute atomic E-state index is 0.0143. The van der Waals surface area contributed by atoms with Gasteiger partial charge in [-0.3, -0.25) is 0 Å². The molecular weight excluding hydrogens is 424 g/mol. The van der Waals surface area contributed by atoms with E-state index in [1.807, 2.05) is 0 Å². The van der Waals surface area contributed by atoms with Gasteiger partial charge in [-0.2, -0.15) is 9.13 Å². The van der Waals surface area contributed by atoms with Gasteiger partial charge in [0.2, 0.25) is 0 Å². The van der Waals surface area contributed by atoms with Crippen molar-refractivity contribution in [3.05, 3.63) is 100 Å². The zero-order valence-corrected chi connectivity index (χ0v) is 21.9. The minimum Gasteiger partial charge on any atom is -0.192 e. The van der Waals surface area contributed by atoms with Crippen molar-refractivity contribution >= 4 is 0 Å². The van der Waals surface area contributed by atoms with Gasteiger partial charge < -0.3 is 0 Å². The van der Waals surface area contributed by atoms with E-state index in [0.29, 0.717) is 5.92 Å². The van der Waals surface area contributed by atoms with Gasteiger partial charge in [0.15, 0.2) is 11.4 Å². The fraction of sp³-hybridized carbons (Fsp3) is 0.364. The van der Waals surface area contributed by atoms with Crippen molar-refractivity contribution in [3.8, 4) is 22.8 Å². The first kappa shape index (κ1) is 22.3. The molecule has 35 heavy (non-hydrogen) atoms. The monoisotopic (exact) mass is 461 g/mol. The average molecular weight is 462 g/mol. The Kier molecular flexibility index (Phi) is 5.25. The highest BCUT2D eigenvalue weighted by Crippen LogP contribution is 2.51. The van der Waals surface area contributed by atoms with Crippen LogP contribution in [-0.2, 0) is 5.41 Å². The lowest BCUT2D eigenvalue weighted by Gasteiger charge is -2.36. The van der Waals surface area contributed by atoms with Crippen LogP contribution < -0.4 is 4.57 Å². The molecule has 0 bridgehead atoms. The number of fused-ring (bicyclic) bond motifs is 3. The molecule has 2 aliphatic rings. The lowest BCUT2D eigenvalue weighted by Crippen LogP contribution is -2.39. The molecule has 0 N–H and O–H groups in total. The van der Waals surface area contributed by atoms with Crippen LogP contribution in [0.15, 0.2) is 66.7 Å². The summed E-state index contributed by atoms with van der Waals surface area (Å²) in [5.41, 5.74) is 12.4. The van der Waals surface area contributed by atoms with Crippen LogP contribution in [-0.4, -0.2) is 4.57 Å². The fourth-order valence-corrected chi connectivity index (χ4v) is 7.30. The van der Waals surface area contributed by atoms with Gasteiger partial charge in [0.05, 0.1) is 11.0 Å². The first-order chi connectivity index (χ1) is 16.9. The van der Waals surface area contributed by atoms with E-state index in [0.717, 1.165) is 0 Å². The largest absolute Gasteiger partial charge is 0.300 e. The van der Waals surface area contributed by atoms with Crippen molar-refractivity contribution in [2.24, 2.45) is 5.92 Å². The van der Waals surface area contributed by atoms with Crippen LogP contribution in [0.2, 0.25) is 0 Å². The number of hydrogen-bond donors (Lipinski definition) is 0. The Morgan fingerprint density at radius 3 is 2.09 bits per heavy atom. The molecule has 1 saturated carbocycles. The summed E-state index contributed by atoms with van der Waals surface area (Å²) in [5.74, 6) is 1.97. The predicted molar refractivity (Wildman–Crippen MR) is 145 cm³/mol. The fourth-order valence-electron chi connectivity index (χ4n) is 7.30. The highest BCUT2D eigenvalue weighted by atomic mass is 15.2. The van der Waals surface area contributed by atoms with E-state index in [2.05, 4.69) is 110 Å². The van der Waals surface area contributed by atoms with Gasteiger partial charge in [0, 0.05) is 12.5 Å². The molecule has 0 radical (unpaired) electrons. The highest BCUT2D eigenvalue weighted by molar-refractivity contribution is 5.68. The van der Waals surface area contributed by atoms with Crippen molar-refractivity contribution in [3.63, 3.8) is 0 Å². The van der Waals surface area contributed by atoms with Crippen LogP contribution in [0.3, 0.4) is 0 Å². The maximum absolute atomic E-state index is 2.64. The van der Waals surface area contributed by atoms with Crippen LogP contribution in [0, 0.1) is 33.6 Å². The number of benzene rings is 3. The Morgan fingerprint density at radius 2 is 1.37 bits per heavy atom. The standard InChI is InChI=1S/C33H37N2/c1-22-14-9-11-20-28(22)34-25(4)31-33(5,26-17-7-6-8-18-26)27-19-10-12-21-29(27)35(31)32(34)30-23(2)15-13-16-24(30)3/h9-16,19-21,26H,6-8,17-18H2,1-5H3/q+1. The number of para-hydroxylation sites is 2. The summed E-state index contributed by atoms with van der Waals surface area (Å²) in [7, 11) is 0. The summed E-state index contributed by atoms with van der Waals surface area (Å²) < 4.78 is 5.21. The zero-order chi connectivity index (χ0) is 24.3. The third-order valence-corrected chi connectivity index (χ3v) is 9.00. The van der Waals surface area contributed by atoms with Gasteiger partial charge in [0.25, 0.3) is 5.82 Å². The molecule has 1 atom stereocenters. The van der Waals surface area contributed by atoms with E-state index >= 15 is 0 Å². The molecule has 0 spiro atoms. The normalized spacial score (nSPS) is 19.6. The zero-order valence-electron chi connectivity index (χ0n) is 21.9. The second-order valence-electron chi connectivity index (χ2n) is 11.0. The Morgan fingerprint density at radius 1 is 0.743 bits per heavy atom. The highest BCUT2D eigenvalue weighted by Gasteiger charge is 2.54. The van der Waals surface area contributed by atoms with Gasteiger partial charge in [0.1, 0.15) is 11.4 Å². The molecule has 0 amide bonds. The van der Waals surface area contributed by atoms with E-state index in [4.69, 9.17) is 0 Å². The first-order valence-electron chi connectivity index (χ1n) is 13.3. The van der Waals surface area contributed by atoms with Crippen LogP contribution in [0.4, 0.5) is 0 Å². The van der Waals surface area contributed by atoms with E-state index in [-0.39, 0.29) is 5.41 Å². The maximum Gasteiger partial charge on any atom is 0.300 e. The topological polar surface area (TPSA) is 8.81 Å². The molecule has 1 fully saturated rings. The van der Waals surface area contributed by atoms with Gasteiger partial charge in [-0.05, 0) is 75.3 Å². The number of aromatic nitrogens is 2. The molecule has 2 heteroatoms. The molecule has 3 aromatic carbocycles. The molecule has 6 rings (SSSR count). The number of rotatable bonds is 3. The van der Waals surface area contributed by atoms with E-state index in [1.54, 1.807) is 0 Å². The van der Waals surface area contributed by atoms with E-state index in [9.17, 15) is 0 Å². The smallest absolute Gasteiger partial charge is 0.192 e. The predicted octanol–water partition coefficient (Wildman–Crippen LogP) is 7.85. The van der Waals surface area contributed by atoms with Crippen molar-refractivity contribution in [2.45, 2.75) is 72.1 Å². The first-order valence-corrected chi connectivity index (χ1v) is 13.3. The molecule has 1 aliphatic carbocycles. The summed E-state index contributed by atoms with van der Waals surface area (Å²) in [6.45, 7) is 11.7. The summed E-state index contributed by atoms with van der Waals surface area (Å²) >= 11 is 0. The molecule has 2 nitrogen and oxygen atoms in total. The second kappa shape index (κ2) is 8.22. The number of nitrogens with zero attached hydrogens (tertiary/aromatic N) is 2. The molecular formula is C33H37N2+. The van der Waals surface area contributed by atoms with Crippen molar-refractivity contribution in [1.82, 2.24) is 4.57 Å². The number of hydrogen-bond acceptors (Lipinski definition) is 0. The average Bonchev–Trinajstić information content (AvgIpc) is 3.31. The Bertz CT molecular complexity index is 1410. The number of imidazole rings is 1. The summed E-state index contributed by atoms with van der Waals surface area (Å²) in [4.78, 5) is 0. The third-order valence-electron chi connectivity index (χ3n) is 9.00. The quantitative estimate of drug-likeness (QED) is 0.275. The molecule has 178 valence electrons. The second-order valence-corrected chi connectivity index (χ2v) is 11.0. The maximum atomic E-state index is 2.64.